The first kappa shape index (κ1) is 15.7. The van der Waals surface area contributed by atoms with Crippen LogP contribution in [0.15, 0.2) is 33.5 Å². The van der Waals surface area contributed by atoms with E-state index in [4.69, 9.17) is 0 Å². The summed E-state index contributed by atoms with van der Waals surface area (Å²) in [6, 6.07) is 3.02. The van der Waals surface area contributed by atoms with Crippen LogP contribution in [-0.4, -0.2) is 28.2 Å². The fraction of sp³-hybridized carbons (Fsp3) is 0.417. The molecule has 1 saturated carbocycles. The average molecular weight is 324 g/mol. The van der Waals surface area contributed by atoms with Gasteiger partial charge in [-0.05, 0) is 37.1 Å². The largest absolute Gasteiger partial charge is 0.483 e. The number of hydrogen-bond donors (Lipinski definition) is 1. The Bertz CT molecular complexity index is 644. The van der Waals surface area contributed by atoms with E-state index in [-0.39, 0.29) is 6.04 Å². The molecule has 1 aromatic carbocycles. The summed E-state index contributed by atoms with van der Waals surface area (Å²) in [7, 11) is -4.81. The monoisotopic (exact) mass is 324 g/mol. The van der Waals surface area contributed by atoms with E-state index >= 15 is 0 Å². The van der Waals surface area contributed by atoms with Gasteiger partial charge in [0.1, 0.15) is 12.4 Å². The highest BCUT2D eigenvalue weighted by molar-refractivity contribution is 7.94. The molecule has 1 atom stereocenters. The Morgan fingerprint density at radius 2 is 1.86 bits per heavy atom. The Balaban J connectivity index is 2.30. The Labute approximate surface area is 118 Å². The lowest BCUT2D eigenvalue weighted by atomic mass is 10.4. The van der Waals surface area contributed by atoms with E-state index in [0.717, 1.165) is 37.1 Å². The average Bonchev–Trinajstić information content (AvgIpc) is 3.19. The van der Waals surface area contributed by atoms with E-state index in [9.17, 15) is 26.6 Å². The third kappa shape index (κ3) is 3.72. The van der Waals surface area contributed by atoms with Crippen LogP contribution in [0, 0.1) is 5.82 Å². The molecule has 0 saturated heterocycles. The second-order valence-electron chi connectivity index (χ2n) is 4.55. The minimum Gasteiger partial charge on any atom is -0.352 e. The number of halogens is 4. The highest BCUT2D eigenvalue weighted by atomic mass is 32.2. The van der Waals surface area contributed by atoms with Gasteiger partial charge in [0.25, 0.3) is 0 Å². The highest BCUT2D eigenvalue weighted by Crippen LogP contribution is 2.32. The van der Waals surface area contributed by atoms with Crippen molar-refractivity contribution in [3.05, 3.63) is 30.1 Å². The molecule has 21 heavy (non-hydrogen) atoms. The van der Waals surface area contributed by atoms with E-state index < -0.39 is 38.4 Å². The number of rotatable bonds is 4. The molecule has 0 aromatic heterocycles. The van der Waals surface area contributed by atoms with Crippen molar-refractivity contribution in [3.8, 4) is 0 Å². The van der Waals surface area contributed by atoms with Crippen molar-refractivity contribution >= 4 is 15.6 Å². The summed E-state index contributed by atoms with van der Waals surface area (Å²) in [5, 5.41) is 2.45. The molecule has 0 bridgehead atoms. The van der Waals surface area contributed by atoms with Gasteiger partial charge in [0.15, 0.2) is 9.73 Å². The third-order valence-corrected chi connectivity index (χ3v) is 4.81. The first-order chi connectivity index (χ1) is 9.72. The van der Waals surface area contributed by atoms with Crippen molar-refractivity contribution in [2.24, 2.45) is 4.36 Å². The van der Waals surface area contributed by atoms with Crippen molar-refractivity contribution in [2.75, 3.05) is 6.54 Å². The van der Waals surface area contributed by atoms with Gasteiger partial charge in [-0.15, -0.1) is 0 Å². The maximum atomic E-state index is 13.0. The molecule has 1 N–H and O–H groups in total. The van der Waals surface area contributed by atoms with Gasteiger partial charge < -0.3 is 5.32 Å². The maximum Gasteiger partial charge on any atom is 0.483 e. The predicted molar refractivity (Wildman–Crippen MR) is 67.3 cm³/mol. The smallest absolute Gasteiger partial charge is 0.352 e. The normalized spacial score (nSPS) is 17.9. The molecule has 2 rings (SSSR count). The van der Waals surface area contributed by atoms with Crippen LogP contribution in [0.1, 0.15) is 12.8 Å². The summed E-state index contributed by atoms with van der Waals surface area (Å²) in [4.78, 5) is 10.7. The van der Waals surface area contributed by atoms with Crippen molar-refractivity contribution in [3.63, 3.8) is 0 Å². The van der Waals surface area contributed by atoms with E-state index in [0.29, 0.717) is 0 Å². The molecule has 0 aliphatic heterocycles. The molecule has 0 unspecified atom stereocenters. The number of amides is 1. The van der Waals surface area contributed by atoms with E-state index in [2.05, 4.69) is 9.68 Å². The predicted octanol–water partition coefficient (Wildman–Crippen LogP) is 2.45. The minimum absolute atomic E-state index is 0.0274. The van der Waals surface area contributed by atoms with E-state index in [1.165, 1.54) is 0 Å². The number of carbonyl (C=O) groups excluding carboxylic acids is 1. The highest BCUT2D eigenvalue weighted by Gasteiger charge is 2.44. The fourth-order valence-electron chi connectivity index (χ4n) is 1.55. The zero-order valence-electron chi connectivity index (χ0n) is 10.7. The molecular formula is C12H12F4N2O2S. The van der Waals surface area contributed by atoms with E-state index in [1.807, 2.05) is 0 Å². The molecule has 0 spiro atoms. The first-order valence-electron chi connectivity index (χ1n) is 6.06. The van der Waals surface area contributed by atoms with Crippen LogP contribution in [-0.2, 0) is 14.5 Å². The summed E-state index contributed by atoms with van der Waals surface area (Å²) in [6.07, 6.45) is 1.55. The minimum atomic E-state index is -5.15. The van der Waals surface area contributed by atoms with Gasteiger partial charge in [-0.2, -0.15) is 13.2 Å². The molecule has 9 heteroatoms. The van der Waals surface area contributed by atoms with Crippen LogP contribution < -0.4 is 5.32 Å². The van der Waals surface area contributed by atoms with Crippen LogP contribution >= 0.6 is 0 Å². The van der Waals surface area contributed by atoms with Crippen molar-refractivity contribution < 1.29 is 26.6 Å². The molecule has 4 nitrogen and oxygen atoms in total. The Morgan fingerprint density at radius 1 is 1.29 bits per heavy atom. The van der Waals surface area contributed by atoms with Gasteiger partial charge in [0.2, 0.25) is 5.91 Å². The summed E-state index contributed by atoms with van der Waals surface area (Å²) in [6.45, 7) is -0.855. The van der Waals surface area contributed by atoms with Crippen molar-refractivity contribution in [1.29, 1.82) is 0 Å². The zero-order valence-corrected chi connectivity index (χ0v) is 11.5. The number of benzene rings is 1. The molecule has 0 heterocycles. The number of nitrogens with zero attached hydrogens (tertiary/aromatic N) is 1. The second-order valence-corrected chi connectivity index (χ2v) is 6.80. The van der Waals surface area contributed by atoms with Gasteiger partial charge in [0.05, 0.1) is 4.90 Å². The Kier molecular flexibility index (Phi) is 4.22. The lowest BCUT2D eigenvalue weighted by Gasteiger charge is -2.14. The standard InChI is InChI=1S/C12H12F4N2O2S/c13-8-1-5-10(6-2-8)21(20,12(14,15)16)17-7-11(19)18-9-3-4-9/h1-2,5-6,9H,3-4,7H2,(H,18,19)/t21-/m0/s1. The molecular weight excluding hydrogens is 312 g/mol. The lowest BCUT2D eigenvalue weighted by molar-refractivity contribution is -0.119. The Hall–Kier alpha value is -1.64. The summed E-state index contributed by atoms with van der Waals surface area (Å²) < 4.78 is 67.0. The summed E-state index contributed by atoms with van der Waals surface area (Å²) in [5.41, 5.74) is -5.15. The molecule has 116 valence electrons. The second kappa shape index (κ2) is 5.63. The summed E-state index contributed by atoms with van der Waals surface area (Å²) >= 11 is 0. The van der Waals surface area contributed by atoms with Crippen LogP contribution in [0.4, 0.5) is 17.6 Å². The Morgan fingerprint density at radius 3 is 2.33 bits per heavy atom. The first-order valence-corrected chi connectivity index (χ1v) is 7.58. The molecule has 0 radical (unpaired) electrons. The van der Waals surface area contributed by atoms with Crippen molar-refractivity contribution in [2.45, 2.75) is 29.3 Å². The molecule has 1 aromatic rings. The third-order valence-electron chi connectivity index (χ3n) is 2.78. The molecule has 1 fully saturated rings. The van der Waals surface area contributed by atoms with Crippen LogP contribution in [0.5, 0.6) is 0 Å². The van der Waals surface area contributed by atoms with Gasteiger partial charge in [0, 0.05) is 6.04 Å². The number of hydrogen-bond acceptors (Lipinski definition) is 3. The van der Waals surface area contributed by atoms with E-state index in [1.54, 1.807) is 0 Å². The summed E-state index contributed by atoms with van der Waals surface area (Å²) in [5.74, 6) is -1.47. The van der Waals surface area contributed by atoms with Gasteiger partial charge >= 0.3 is 5.51 Å². The van der Waals surface area contributed by atoms with Gasteiger partial charge in [-0.1, -0.05) is 0 Å². The maximum absolute atomic E-state index is 13.0. The van der Waals surface area contributed by atoms with Gasteiger partial charge in [-0.25, -0.2) is 13.0 Å². The number of alkyl halides is 3. The quantitative estimate of drug-likeness (QED) is 0.865. The number of carbonyl (C=O) groups is 1. The van der Waals surface area contributed by atoms with Crippen LogP contribution in [0.2, 0.25) is 0 Å². The lowest BCUT2D eigenvalue weighted by Crippen LogP contribution is -2.30. The topological polar surface area (TPSA) is 58.5 Å². The van der Waals surface area contributed by atoms with Crippen LogP contribution in [0.3, 0.4) is 0 Å². The molecule has 1 amide bonds. The number of nitrogens with one attached hydrogen (secondary N) is 1. The SMILES string of the molecule is O=C(CN=[S@](=O)(c1ccc(F)cc1)C(F)(F)F)NC1CC1. The van der Waals surface area contributed by atoms with Crippen molar-refractivity contribution in [1.82, 2.24) is 5.32 Å². The zero-order chi connectivity index (χ0) is 15.7. The van der Waals surface area contributed by atoms with Gasteiger partial charge in [-0.3, -0.25) is 4.79 Å². The molecule has 1 aliphatic rings. The van der Waals surface area contributed by atoms with Crippen LogP contribution in [0.25, 0.3) is 0 Å². The molecule has 1 aliphatic carbocycles. The fourth-order valence-corrected chi connectivity index (χ4v) is 2.92.